The highest BCUT2D eigenvalue weighted by Crippen LogP contribution is 2.47. The van der Waals surface area contributed by atoms with Gasteiger partial charge in [-0.05, 0) is 76.6 Å². The normalized spacial score (nSPS) is 35.7. The molecule has 8 atom stereocenters. The van der Waals surface area contributed by atoms with Crippen LogP contribution in [0.5, 0.6) is 0 Å². The number of alkyl halides is 1. The molecule has 262 valence electrons. The van der Waals surface area contributed by atoms with E-state index in [2.05, 4.69) is 20.0 Å². The van der Waals surface area contributed by atoms with E-state index in [4.69, 9.17) is 9.15 Å². The minimum atomic E-state index is -1.28. The van der Waals surface area contributed by atoms with Crippen LogP contribution in [0.15, 0.2) is 46.5 Å². The second-order valence-corrected chi connectivity index (χ2v) is 15.6. The predicted molar refractivity (Wildman–Crippen MR) is 180 cm³/mol. The van der Waals surface area contributed by atoms with Crippen molar-refractivity contribution in [3.63, 3.8) is 0 Å². The molecule has 6 heterocycles. The lowest BCUT2D eigenvalue weighted by Gasteiger charge is -2.60. The summed E-state index contributed by atoms with van der Waals surface area (Å²) < 4.78 is 29.2. The average molecular weight is 674 g/mol. The van der Waals surface area contributed by atoms with Crippen LogP contribution >= 0.6 is 0 Å². The quantitative estimate of drug-likeness (QED) is 0.478. The highest BCUT2D eigenvalue weighted by Gasteiger charge is 2.60. The molecule has 0 spiro atoms. The summed E-state index contributed by atoms with van der Waals surface area (Å²) in [6.07, 6.45) is 9.14. The van der Waals surface area contributed by atoms with Gasteiger partial charge < -0.3 is 29.2 Å². The van der Waals surface area contributed by atoms with E-state index in [0.29, 0.717) is 44.2 Å². The van der Waals surface area contributed by atoms with Gasteiger partial charge in [0, 0.05) is 55.8 Å². The fraction of sp³-hybridized carbons (Fsp3) is 0.658. The highest BCUT2D eigenvalue weighted by molar-refractivity contribution is 6.20. The van der Waals surface area contributed by atoms with Crippen molar-refractivity contribution in [1.82, 2.24) is 24.9 Å². The summed E-state index contributed by atoms with van der Waals surface area (Å²) in [4.78, 5) is 50.2. The maximum absolute atomic E-state index is 16.6. The number of ether oxygens (including phenoxy) is 1. The minimum Gasteiger partial charge on any atom is -0.451 e. The summed E-state index contributed by atoms with van der Waals surface area (Å²) in [6, 6.07) is 8.92. The van der Waals surface area contributed by atoms with E-state index in [-0.39, 0.29) is 59.6 Å². The maximum atomic E-state index is 16.6. The molecule has 10 nitrogen and oxygen atoms in total. The molecule has 7 aliphatic rings. The van der Waals surface area contributed by atoms with Crippen LogP contribution in [0.3, 0.4) is 0 Å². The van der Waals surface area contributed by atoms with Gasteiger partial charge in [0.05, 0.1) is 35.9 Å². The summed E-state index contributed by atoms with van der Waals surface area (Å²) in [6.45, 7) is 4.74. The molecule has 1 aromatic carbocycles. The van der Waals surface area contributed by atoms with Gasteiger partial charge in [0.2, 0.25) is 0 Å². The van der Waals surface area contributed by atoms with Crippen molar-refractivity contribution in [3.8, 4) is 0 Å². The van der Waals surface area contributed by atoms with Crippen molar-refractivity contribution in [2.75, 3.05) is 39.3 Å². The average Bonchev–Trinajstić information content (AvgIpc) is 3.91. The van der Waals surface area contributed by atoms with E-state index in [1.54, 1.807) is 6.07 Å². The number of carbonyl (C=O) groups is 3. The number of ketones is 1. The lowest BCUT2D eigenvalue weighted by Crippen LogP contribution is -2.73. The number of furan rings is 1. The number of hydrogen-bond acceptors (Lipinski definition) is 8. The van der Waals surface area contributed by atoms with Crippen LogP contribution < -0.4 is 5.32 Å². The number of nitrogens with one attached hydrogen (secondary N) is 1. The molecule has 4 saturated heterocycles. The predicted octanol–water partition coefficient (Wildman–Crippen LogP) is 3.90. The number of morpholine rings is 1. The number of amides is 2. The van der Waals surface area contributed by atoms with Crippen LogP contribution in [0.25, 0.3) is 11.0 Å². The Labute approximate surface area is 286 Å². The third kappa shape index (κ3) is 5.60. The molecule has 1 aromatic heterocycles. The SMILES string of the molecule is O=C(NC1CCN(C2C(F)CC3C(=O)C(C(=O)N4CCC(N5CCCC5)CC4)=CN4C5CCCCC5OC2C34)C1)c1cc2ccccc2o1. The Morgan fingerprint density at radius 3 is 2.49 bits per heavy atom. The van der Waals surface area contributed by atoms with Crippen LogP contribution in [-0.4, -0.2) is 125 Å². The van der Waals surface area contributed by atoms with Gasteiger partial charge in [0.1, 0.15) is 11.8 Å². The number of Topliss-reactive ketones (excluding diaryl/α,β-unsaturated/α-hetero) is 1. The molecule has 49 heavy (non-hydrogen) atoms. The largest absolute Gasteiger partial charge is 0.451 e. The number of benzene rings is 1. The molecule has 9 rings (SSSR count). The molecular formula is C38H48FN5O5. The Hall–Kier alpha value is -3.28. The zero-order valence-corrected chi connectivity index (χ0v) is 28.2. The van der Waals surface area contributed by atoms with E-state index in [1.807, 2.05) is 35.4 Å². The first-order valence-corrected chi connectivity index (χ1v) is 18.8. The van der Waals surface area contributed by atoms with Crippen molar-refractivity contribution in [2.45, 2.75) is 113 Å². The molecule has 0 bridgehead atoms. The van der Waals surface area contributed by atoms with Crippen LogP contribution in [-0.2, 0) is 14.3 Å². The summed E-state index contributed by atoms with van der Waals surface area (Å²) in [5, 5.41) is 3.99. The van der Waals surface area contributed by atoms with Crippen molar-refractivity contribution < 1.29 is 27.9 Å². The summed E-state index contributed by atoms with van der Waals surface area (Å²) in [5.74, 6) is -1.01. The van der Waals surface area contributed by atoms with Gasteiger partial charge in [-0.25, -0.2) is 4.39 Å². The first-order valence-electron chi connectivity index (χ1n) is 18.8. The van der Waals surface area contributed by atoms with E-state index >= 15 is 4.39 Å². The lowest BCUT2D eigenvalue weighted by atomic mass is 9.69. The maximum Gasteiger partial charge on any atom is 0.287 e. The number of nitrogens with zero attached hydrogens (tertiary/aromatic N) is 4. The van der Waals surface area contributed by atoms with Crippen LogP contribution in [0.4, 0.5) is 4.39 Å². The van der Waals surface area contributed by atoms with Gasteiger partial charge in [-0.15, -0.1) is 0 Å². The number of rotatable bonds is 5. The molecule has 6 fully saturated rings. The molecule has 2 aliphatic carbocycles. The molecule has 11 heteroatoms. The van der Waals surface area contributed by atoms with Gasteiger partial charge in [0.25, 0.3) is 11.8 Å². The zero-order chi connectivity index (χ0) is 33.2. The molecular weight excluding hydrogens is 625 g/mol. The van der Waals surface area contributed by atoms with E-state index in [9.17, 15) is 14.4 Å². The lowest BCUT2D eigenvalue weighted by molar-refractivity contribution is -0.210. The Balaban J connectivity index is 0.929. The second-order valence-electron chi connectivity index (χ2n) is 15.6. The Kier molecular flexibility index (Phi) is 8.28. The van der Waals surface area contributed by atoms with Gasteiger partial charge in [-0.1, -0.05) is 31.0 Å². The van der Waals surface area contributed by atoms with Gasteiger partial charge in [-0.2, -0.15) is 0 Å². The second kappa shape index (κ2) is 12.8. The van der Waals surface area contributed by atoms with Crippen LogP contribution in [0, 0.1) is 5.92 Å². The fourth-order valence-electron chi connectivity index (χ4n) is 10.4. The number of hydrogen-bond donors (Lipinski definition) is 1. The molecule has 2 amide bonds. The Morgan fingerprint density at radius 1 is 0.878 bits per heavy atom. The fourth-order valence-corrected chi connectivity index (χ4v) is 10.4. The topological polar surface area (TPSA) is 98.6 Å². The first-order chi connectivity index (χ1) is 23.9. The van der Waals surface area contributed by atoms with Crippen molar-refractivity contribution in [1.29, 1.82) is 0 Å². The van der Waals surface area contributed by atoms with E-state index in [1.165, 1.54) is 12.8 Å². The molecule has 2 saturated carbocycles. The van der Waals surface area contributed by atoms with Crippen LogP contribution in [0.2, 0.25) is 0 Å². The Morgan fingerprint density at radius 2 is 1.67 bits per heavy atom. The number of likely N-dealkylation sites (tertiary alicyclic amines) is 3. The molecule has 0 radical (unpaired) electrons. The summed E-state index contributed by atoms with van der Waals surface area (Å²) >= 11 is 0. The van der Waals surface area contributed by atoms with E-state index < -0.39 is 24.2 Å². The first kappa shape index (κ1) is 31.7. The zero-order valence-electron chi connectivity index (χ0n) is 28.2. The Bertz CT molecular complexity index is 1600. The molecule has 8 unspecified atom stereocenters. The number of fused-ring (bicyclic) bond motifs is 3. The number of piperidine rings is 1. The van der Waals surface area contributed by atoms with Gasteiger partial charge >= 0.3 is 0 Å². The van der Waals surface area contributed by atoms with Crippen molar-refractivity contribution in [2.24, 2.45) is 5.92 Å². The van der Waals surface area contributed by atoms with Gasteiger partial charge in [-0.3, -0.25) is 19.3 Å². The standard InChI is InChI=1S/C38H48FN5O5/c39-28-20-26-33-36(34(28)43-16-11-24(21-43)40-37(46)32-19-23-7-1-3-9-30(23)48-32)49-31-10-4-2-8-29(31)44(33)22-27(35(26)45)38(47)42-17-12-25(13-18-42)41-14-5-6-15-41/h1,3,7,9,19,22,24-26,28-29,31,33-34,36H,2,4-6,8,10-18,20-21H2,(H,40,46). The number of halogens is 1. The van der Waals surface area contributed by atoms with Crippen LogP contribution in [0.1, 0.15) is 74.8 Å². The monoisotopic (exact) mass is 673 g/mol. The molecule has 5 aliphatic heterocycles. The van der Waals surface area contributed by atoms with E-state index in [0.717, 1.165) is 57.0 Å². The van der Waals surface area contributed by atoms with Crippen molar-refractivity contribution in [3.05, 3.63) is 47.9 Å². The van der Waals surface area contributed by atoms with Crippen molar-refractivity contribution >= 4 is 28.6 Å². The third-order valence-corrected chi connectivity index (χ3v) is 12.8. The molecule has 1 N–H and O–H groups in total. The third-order valence-electron chi connectivity index (χ3n) is 12.8. The summed E-state index contributed by atoms with van der Waals surface area (Å²) in [5.41, 5.74) is 0.909. The highest BCUT2D eigenvalue weighted by atomic mass is 19.1. The molecule has 2 aromatic rings. The van der Waals surface area contributed by atoms with Gasteiger partial charge in [0.15, 0.2) is 11.5 Å². The smallest absolute Gasteiger partial charge is 0.287 e. The number of para-hydroxylation sites is 1. The summed E-state index contributed by atoms with van der Waals surface area (Å²) in [7, 11) is 0. The number of carbonyl (C=O) groups excluding carboxylic acids is 3. The minimum absolute atomic E-state index is 0.0633.